The summed E-state index contributed by atoms with van der Waals surface area (Å²) in [6, 6.07) is 13.4. The van der Waals surface area contributed by atoms with E-state index in [1.165, 1.54) is 0 Å². The van der Waals surface area contributed by atoms with Crippen molar-refractivity contribution < 1.29 is 5.11 Å². The van der Waals surface area contributed by atoms with Crippen molar-refractivity contribution in [2.24, 2.45) is 0 Å². The van der Waals surface area contributed by atoms with Crippen LogP contribution in [-0.2, 0) is 0 Å². The molecule has 0 saturated carbocycles. The fourth-order valence-electron chi connectivity index (χ4n) is 1.73. The standard InChI is InChI=1S/C14H16N2O/c1-11(16-13-7-9-15-10-8-13)14(17)12-5-3-2-4-6-12/h2-11,14,17H,1H3,(H,15,16). The molecule has 3 nitrogen and oxygen atoms in total. The van der Waals surface area contributed by atoms with E-state index in [2.05, 4.69) is 10.3 Å². The van der Waals surface area contributed by atoms with E-state index < -0.39 is 6.10 Å². The number of anilines is 1. The van der Waals surface area contributed by atoms with Crippen LogP contribution in [0.25, 0.3) is 0 Å². The van der Waals surface area contributed by atoms with Crippen molar-refractivity contribution >= 4 is 5.69 Å². The molecule has 2 aromatic rings. The number of hydrogen-bond acceptors (Lipinski definition) is 3. The molecule has 0 amide bonds. The molecule has 0 bridgehead atoms. The minimum absolute atomic E-state index is 0.0557. The van der Waals surface area contributed by atoms with Gasteiger partial charge in [0.2, 0.25) is 0 Å². The van der Waals surface area contributed by atoms with E-state index in [0.717, 1.165) is 11.3 Å². The van der Waals surface area contributed by atoms with Gasteiger partial charge in [-0.15, -0.1) is 0 Å². The molecule has 0 fully saturated rings. The first-order valence-electron chi connectivity index (χ1n) is 5.67. The molecule has 2 N–H and O–H groups in total. The van der Waals surface area contributed by atoms with Gasteiger partial charge in [-0.2, -0.15) is 0 Å². The third kappa shape index (κ3) is 3.04. The maximum atomic E-state index is 10.2. The Bertz CT molecular complexity index is 444. The number of pyridine rings is 1. The van der Waals surface area contributed by atoms with Crippen molar-refractivity contribution in [3.63, 3.8) is 0 Å². The van der Waals surface area contributed by atoms with Gasteiger partial charge in [-0.05, 0) is 24.6 Å². The van der Waals surface area contributed by atoms with Crippen LogP contribution < -0.4 is 5.32 Å². The summed E-state index contributed by atoms with van der Waals surface area (Å²) < 4.78 is 0. The van der Waals surface area contributed by atoms with Gasteiger partial charge in [-0.25, -0.2) is 0 Å². The molecule has 1 heterocycles. The Hall–Kier alpha value is -1.87. The maximum Gasteiger partial charge on any atom is 0.0988 e. The molecule has 1 aromatic heterocycles. The van der Waals surface area contributed by atoms with Gasteiger partial charge in [0, 0.05) is 18.1 Å². The van der Waals surface area contributed by atoms with Crippen LogP contribution in [0.1, 0.15) is 18.6 Å². The van der Waals surface area contributed by atoms with Crippen LogP contribution in [0.5, 0.6) is 0 Å². The largest absolute Gasteiger partial charge is 0.386 e. The van der Waals surface area contributed by atoms with Crippen LogP contribution in [0.3, 0.4) is 0 Å². The van der Waals surface area contributed by atoms with Crippen LogP contribution in [0.4, 0.5) is 5.69 Å². The second-order valence-electron chi connectivity index (χ2n) is 4.02. The first-order valence-corrected chi connectivity index (χ1v) is 5.67. The van der Waals surface area contributed by atoms with E-state index in [-0.39, 0.29) is 6.04 Å². The quantitative estimate of drug-likeness (QED) is 0.845. The van der Waals surface area contributed by atoms with Gasteiger partial charge in [0.1, 0.15) is 0 Å². The van der Waals surface area contributed by atoms with E-state index in [1.807, 2.05) is 49.4 Å². The number of nitrogens with zero attached hydrogens (tertiary/aromatic N) is 1. The molecule has 17 heavy (non-hydrogen) atoms. The zero-order valence-corrected chi connectivity index (χ0v) is 9.75. The van der Waals surface area contributed by atoms with E-state index in [1.54, 1.807) is 12.4 Å². The van der Waals surface area contributed by atoms with Gasteiger partial charge in [-0.1, -0.05) is 30.3 Å². The van der Waals surface area contributed by atoms with E-state index >= 15 is 0 Å². The normalized spacial score (nSPS) is 14.0. The van der Waals surface area contributed by atoms with Crippen molar-refractivity contribution in [2.45, 2.75) is 19.1 Å². The lowest BCUT2D eigenvalue weighted by Crippen LogP contribution is -2.23. The number of rotatable bonds is 4. The molecule has 3 heteroatoms. The Balaban J connectivity index is 2.03. The number of benzene rings is 1. The lowest BCUT2D eigenvalue weighted by Gasteiger charge is -2.21. The zero-order chi connectivity index (χ0) is 12.1. The molecule has 2 rings (SSSR count). The summed E-state index contributed by atoms with van der Waals surface area (Å²) in [5.41, 5.74) is 1.88. The molecule has 0 spiro atoms. The summed E-state index contributed by atoms with van der Waals surface area (Å²) in [4.78, 5) is 3.95. The minimum Gasteiger partial charge on any atom is -0.386 e. The molecular formula is C14H16N2O. The SMILES string of the molecule is CC(Nc1ccncc1)C(O)c1ccccc1. The predicted octanol–water partition coefficient (Wildman–Crippen LogP) is 2.62. The molecule has 88 valence electrons. The Labute approximate surface area is 101 Å². The Morgan fingerprint density at radius 3 is 2.35 bits per heavy atom. The smallest absolute Gasteiger partial charge is 0.0988 e. The molecule has 2 atom stereocenters. The van der Waals surface area contributed by atoms with Gasteiger partial charge in [-0.3, -0.25) is 4.98 Å². The Morgan fingerprint density at radius 1 is 1.06 bits per heavy atom. The van der Waals surface area contributed by atoms with Gasteiger partial charge < -0.3 is 10.4 Å². The topological polar surface area (TPSA) is 45.2 Å². The highest BCUT2D eigenvalue weighted by Gasteiger charge is 2.15. The highest BCUT2D eigenvalue weighted by Crippen LogP contribution is 2.19. The monoisotopic (exact) mass is 228 g/mol. The Morgan fingerprint density at radius 2 is 1.71 bits per heavy atom. The highest BCUT2D eigenvalue weighted by molar-refractivity contribution is 5.42. The molecule has 0 aliphatic carbocycles. The summed E-state index contributed by atoms with van der Waals surface area (Å²) in [5.74, 6) is 0. The molecule has 0 aliphatic rings. The van der Waals surface area contributed by atoms with Crippen molar-refractivity contribution in [1.82, 2.24) is 4.98 Å². The van der Waals surface area contributed by atoms with Crippen molar-refractivity contribution in [2.75, 3.05) is 5.32 Å². The lowest BCUT2D eigenvalue weighted by molar-refractivity contribution is 0.161. The van der Waals surface area contributed by atoms with Crippen LogP contribution in [0.15, 0.2) is 54.9 Å². The van der Waals surface area contributed by atoms with E-state index in [4.69, 9.17) is 0 Å². The summed E-state index contributed by atoms with van der Waals surface area (Å²) in [5, 5.41) is 13.4. The molecule has 0 saturated heterocycles. The average Bonchev–Trinajstić information content (AvgIpc) is 2.40. The molecular weight excluding hydrogens is 212 g/mol. The van der Waals surface area contributed by atoms with Gasteiger partial charge in [0.15, 0.2) is 0 Å². The van der Waals surface area contributed by atoms with Crippen LogP contribution in [0.2, 0.25) is 0 Å². The fraction of sp³-hybridized carbons (Fsp3) is 0.214. The van der Waals surface area contributed by atoms with Crippen molar-refractivity contribution in [3.05, 3.63) is 60.4 Å². The highest BCUT2D eigenvalue weighted by atomic mass is 16.3. The van der Waals surface area contributed by atoms with Crippen LogP contribution >= 0.6 is 0 Å². The second kappa shape index (κ2) is 5.46. The third-order valence-electron chi connectivity index (χ3n) is 2.69. The maximum absolute atomic E-state index is 10.2. The average molecular weight is 228 g/mol. The summed E-state index contributed by atoms with van der Waals surface area (Å²) in [6.45, 7) is 1.96. The van der Waals surface area contributed by atoms with Gasteiger partial charge >= 0.3 is 0 Å². The lowest BCUT2D eigenvalue weighted by atomic mass is 10.0. The predicted molar refractivity (Wildman–Crippen MR) is 68.7 cm³/mol. The van der Waals surface area contributed by atoms with E-state index in [9.17, 15) is 5.11 Å². The number of aromatic nitrogens is 1. The summed E-state index contributed by atoms with van der Waals surface area (Å²) in [7, 11) is 0. The summed E-state index contributed by atoms with van der Waals surface area (Å²) in [6.07, 6.45) is 2.93. The third-order valence-corrected chi connectivity index (χ3v) is 2.69. The molecule has 0 aliphatic heterocycles. The molecule has 1 aromatic carbocycles. The van der Waals surface area contributed by atoms with Crippen LogP contribution in [0, 0.1) is 0 Å². The Kier molecular flexibility index (Phi) is 3.73. The van der Waals surface area contributed by atoms with Crippen molar-refractivity contribution in [3.8, 4) is 0 Å². The molecule has 2 unspecified atom stereocenters. The number of aliphatic hydroxyl groups is 1. The minimum atomic E-state index is -0.524. The first kappa shape index (κ1) is 11.6. The van der Waals surface area contributed by atoms with Gasteiger partial charge in [0.05, 0.1) is 12.1 Å². The first-order chi connectivity index (χ1) is 8.27. The summed E-state index contributed by atoms with van der Waals surface area (Å²) >= 11 is 0. The number of nitrogens with one attached hydrogen (secondary N) is 1. The van der Waals surface area contributed by atoms with Crippen molar-refractivity contribution in [1.29, 1.82) is 0 Å². The fourth-order valence-corrected chi connectivity index (χ4v) is 1.73. The molecule has 0 radical (unpaired) electrons. The second-order valence-corrected chi connectivity index (χ2v) is 4.02. The van der Waals surface area contributed by atoms with Crippen LogP contribution in [-0.4, -0.2) is 16.1 Å². The zero-order valence-electron chi connectivity index (χ0n) is 9.75. The van der Waals surface area contributed by atoms with E-state index in [0.29, 0.717) is 0 Å². The number of hydrogen-bond donors (Lipinski definition) is 2. The van der Waals surface area contributed by atoms with Gasteiger partial charge in [0.25, 0.3) is 0 Å². The number of aliphatic hydroxyl groups excluding tert-OH is 1.